The van der Waals surface area contributed by atoms with Crippen molar-refractivity contribution in [3.05, 3.63) is 92.1 Å². The smallest absolute Gasteiger partial charge is 0.304 e. The Balaban J connectivity index is 1.66. The van der Waals surface area contributed by atoms with E-state index in [9.17, 15) is 23.1 Å². The number of carboxylic acid groups (broad SMARTS) is 1. The summed E-state index contributed by atoms with van der Waals surface area (Å²) in [5, 5.41) is 12.9. The van der Waals surface area contributed by atoms with Crippen molar-refractivity contribution in [2.45, 2.75) is 57.2 Å². The van der Waals surface area contributed by atoms with Crippen LogP contribution in [-0.2, 0) is 26.2 Å². The van der Waals surface area contributed by atoms with Crippen LogP contribution in [0.2, 0.25) is 10.0 Å². The van der Waals surface area contributed by atoms with Crippen molar-refractivity contribution < 1.29 is 23.1 Å². The number of likely N-dealkylation sites (tertiary alicyclic amines) is 1. The van der Waals surface area contributed by atoms with Crippen molar-refractivity contribution >= 4 is 56.4 Å². The first-order valence-electron chi connectivity index (χ1n) is 13.9. The van der Waals surface area contributed by atoms with E-state index in [0.717, 1.165) is 28.8 Å². The van der Waals surface area contributed by atoms with Gasteiger partial charge in [0.2, 0.25) is 15.9 Å². The van der Waals surface area contributed by atoms with Crippen molar-refractivity contribution in [2.24, 2.45) is 11.3 Å². The van der Waals surface area contributed by atoms with E-state index in [2.05, 4.69) is 0 Å². The summed E-state index contributed by atoms with van der Waals surface area (Å²) in [7, 11) is -3.63. The van der Waals surface area contributed by atoms with Gasteiger partial charge in [-0.1, -0.05) is 60.5 Å². The zero-order valence-corrected chi connectivity index (χ0v) is 26.6. The number of sulfonamides is 1. The lowest BCUT2D eigenvalue weighted by atomic mass is 9.67. The Morgan fingerprint density at radius 3 is 2.38 bits per heavy atom. The lowest BCUT2D eigenvalue weighted by Crippen LogP contribution is -2.59. The number of benzene rings is 2. The minimum absolute atomic E-state index is 0.0866. The first-order chi connectivity index (χ1) is 19.9. The number of nitrogens with zero attached hydrogens (tertiary/aromatic N) is 2. The fourth-order valence-corrected chi connectivity index (χ4v) is 8.22. The summed E-state index contributed by atoms with van der Waals surface area (Å²) in [6.07, 6.45) is 2.87. The minimum atomic E-state index is -3.63. The Morgan fingerprint density at radius 1 is 1.10 bits per heavy atom. The third-order valence-corrected chi connectivity index (χ3v) is 11.0. The number of aliphatic carboxylic acids is 1. The van der Waals surface area contributed by atoms with Crippen molar-refractivity contribution in [3.8, 4) is 0 Å². The third-order valence-electron chi connectivity index (χ3n) is 8.43. The second kappa shape index (κ2) is 12.3. The fourth-order valence-electron chi connectivity index (χ4n) is 6.29. The Morgan fingerprint density at radius 2 is 1.81 bits per heavy atom. The molecule has 1 amide bonds. The van der Waals surface area contributed by atoms with Crippen LogP contribution < -0.4 is 0 Å². The van der Waals surface area contributed by atoms with E-state index in [1.807, 2.05) is 52.7 Å². The van der Waals surface area contributed by atoms with Crippen molar-refractivity contribution in [1.29, 1.82) is 0 Å². The van der Waals surface area contributed by atoms with Crippen LogP contribution in [0.25, 0.3) is 0 Å². The molecule has 11 heteroatoms. The van der Waals surface area contributed by atoms with Crippen LogP contribution in [0, 0.1) is 11.3 Å². The van der Waals surface area contributed by atoms with Gasteiger partial charge < -0.3 is 10.0 Å². The Kier molecular flexibility index (Phi) is 9.07. The van der Waals surface area contributed by atoms with Gasteiger partial charge in [0.1, 0.15) is 0 Å². The summed E-state index contributed by atoms with van der Waals surface area (Å²) in [5.41, 5.74) is 0.535. The third kappa shape index (κ3) is 6.86. The normalized spacial score (nSPS) is 23.7. The van der Waals surface area contributed by atoms with Crippen LogP contribution in [0.1, 0.15) is 60.6 Å². The maximum Gasteiger partial charge on any atom is 0.304 e. The lowest BCUT2D eigenvalue weighted by Gasteiger charge is -2.52. The highest BCUT2D eigenvalue weighted by Gasteiger charge is 2.55. The van der Waals surface area contributed by atoms with Gasteiger partial charge in [-0.15, -0.1) is 11.3 Å². The van der Waals surface area contributed by atoms with E-state index in [1.54, 1.807) is 25.1 Å². The fraction of sp³-hybridized carbons (Fsp3) is 0.419. The number of piperidine rings is 1. The molecule has 2 aliphatic rings. The predicted octanol–water partition coefficient (Wildman–Crippen LogP) is 6.83. The number of carboxylic acids is 1. The summed E-state index contributed by atoms with van der Waals surface area (Å²) < 4.78 is 27.7. The molecule has 7 nitrogen and oxygen atoms in total. The molecule has 1 aliphatic heterocycles. The van der Waals surface area contributed by atoms with E-state index in [0.29, 0.717) is 16.5 Å². The average molecular weight is 650 g/mol. The van der Waals surface area contributed by atoms with Crippen LogP contribution in [0.4, 0.5) is 0 Å². The highest BCUT2D eigenvalue weighted by atomic mass is 35.5. The minimum Gasteiger partial charge on any atom is -0.481 e. The molecular weight excluding hydrogens is 615 g/mol. The summed E-state index contributed by atoms with van der Waals surface area (Å²) >= 11 is 14.2. The van der Waals surface area contributed by atoms with Gasteiger partial charge in [0.05, 0.1) is 24.1 Å². The lowest BCUT2D eigenvalue weighted by molar-refractivity contribution is -0.161. The molecule has 224 valence electrons. The maximum atomic E-state index is 14.6. The van der Waals surface area contributed by atoms with Crippen molar-refractivity contribution in [3.63, 3.8) is 0 Å². The molecule has 1 unspecified atom stereocenters. The molecule has 1 N–H and O–H groups in total. The number of hydrogen-bond donors (Lipinski definition) is 1. The van der Waals surface area contributed by atoms with Gasteiger partial charge in [-0.05, 0) is 72.0 Å². The summed E-state index contributed by atoms with van der Waals surface area (Å²) in [6, 6.07) is 17.7. The van der Waals surface area contributed by atoms with Crippen LogP contribution in [-0.4, -0.2) is 53.4 Å². The summed E-state index contributed by atoms with van der Waals surface area (Å²) in [5.74, 6) is -1.54. The summed E-state index contributed by atoms with van der Waals surface area (Å²) in [6.45, 7) is 2.04. The quantitative estimate of drug-likeness (QED) is 0.246. The molecule has 0 spiro atoms. The van der Waals surface area contributed by atoms with Gasteiger partial charge in [-0.3, -0.25) is 9.59 Å². The number of amides is 1. The Labute approximate surface area is 261 Å². The van der Waals surface area contributed by atoms with E-state index < -0.39 is 33.5 Å². The van der Waals surface area contributed by atoms with Crippen LogP contribution >= 0.6 is 34.5 Å². The summed E-state index contributed by atoms with van der Waals surface area (Å²) in [4.78, 5) is 29.5. The second-order valence-electron chi connectivity index (χ2n) is 11.7. The molecule has 2 aromatic carbocycles. The van der Waals surface area contributed by atoms with Gasteiger partial charge in [0, 0.05) is 40.0 Å². The highest BCUT2D eigenvalue weighted by Crippen LogP contribution is 2.54. The molecule has 42 heavy (non-hydrogen) atoms. The van der Waals surface area contributed by atoms with Gasteiger partial charge in [-0.2, -0.15) is 4.31 Å². The molecule has 3 aromatic rings. The molecule has 1 saturated heterocycles. The average Bonchev–Trinajstić information content (AvgIpc) is 3.62. The van der Waals surface area contributed by atoms with E-state index >= 15 is 0 Å². The standard InChI is InChI=1S/C31H34Cl2N2O5S2/c1-31(17-28(36)37)16-26(22-5-3-6-24(33)15-22)29(21-10-12-23(32)13-11-21)35(30(31)38)27(20-8-9-20)19-34(42(2,39)40)18-25-7-4-14-41-25/h3-7,10-15,20,26-27,29H,8-9,16-19H2,1-2H3,(H,36,37)/t26-,27-,29?,31-/m1/s1. The van der Waals surface area contributed by atoms with Gasteiger partial charge in [-0.25, -0.2) is 8.42 Å². The van der Waals surface area contributed by atoms with Crippen molar-refractivity contribution in [1.82, 2.24) is 9.21 Å². The topological polar surface area (TPSA) is 95.0 Å². The predicted molar refractivity (Wildman–Crippen MR) is 166 cm³/mol. The van der Waals surface area contributed by atoms with E-state index in [-0.39, 0.29) is 37.3 Å². The molecular formula is C31H34Cl2N2O5S2. The van der Waals surface area contributed by atoms with Gasteiger partial charge >= 0.3 is 5.97 Å². The molecule has 2 heterocycles. The second-order valence-corrected chi connectivity index (χ2v) is 15.6. The van der Waals surface area contributed by atoms with Gasteiger partial charge in [0.25, 0.3) is 0 Å². The number of thiophene rings is 1. The number of rotatable bonds is 11. The van der Waals surface area contributed by atoms with Crippen LogP contribution in [0.15, 0.2) is 66.0 Å². The molecule has 1 aromatic heterocycles. The van der Waals surface area contributed by atoms with Crippen molar-refractivity contribution in [2.75, 3.05) is 12.8 Å². The maximum absolute atomic E-state index is 14.6. The first-order valence-corrected chi connectivity index (χ1v) is 17.4. The van der Waals surface area contributed by atoms with E-state index in [1.165, 1.54) is 21.9 Å². The first kappa shape index (κ1) is 31.0. The number of carbonyl (C=O) groups is 2. The molecule has 1 aliphatic carbocycles. The Hall–Kier alpha value is -2.43. The SMILES string of the molecule is C[C@]1(CC(=O)O)C[C@H](c2cccc(Cl)c2)C(c2ccc(Cl)cc2)N([C@H](CN(Cc2cccs2)S(C)(=O)=O)C2CC2)C1=O. The highest BCUT2D eigenvalue weighted by molar-refractivity contribution is 7.88. The number of hydrogen-bond acceptors (Lipinski definition) is 5. The number of halogens is 2. The molecule has 2 fully saturated rings. The van der Waals surface area contributed by atoms with E-state index in [4.69, 9.17) is 23.2 Å². The molecule has 0 bridgehead atoms. The zero-order valence-electron chi connectivity index (χ0n) is 23.4. The van der Waals surface area contributed by atoms with Crippen LogP contribution in [0.3, 0.4) is 0 Å². The monoisotopic (exact) mass is 648 g/mol. The van der Waals surface area contributed by atoms with Crippen LogP contribution in [0.5, 0.6) is 0 Å². The Bertz CT molecular complexity index is 1540. The molecule has 5 rings (SSSR count). The largest absolute Gasteiger partial charge is 0.481 e. The van der Waals surface area contributed by atoms with Gasteiger partial charge in [0.15, 0.2) is 0 Å². The molecule has 1 saturated carbocycles. The zero-order chi connectivity index (χ0) is 30.2. The molecule has 0 radical (unpaired) electrons. The number of carbonyl (C=O) groups excluding carboxylic acids is 1. The molecule has 4 atom stereocenters.